The van der Waals surface area contributed by atoms with Crippen LogP contribution in [0.3, 0.4) is 0 Å². The first-order valence-electron chi connectivity index (χ1n) is 10.5. The molecular formula is C22H37NO4. The van der Waals surface area contributed by atoms with Crippen molar-refractivity contribution in [2.75, 3.05) is 0 Å². The Hall–Kier alpha value is -1.91. The molecule has 0 saturated heterocycles. The molecule has 0 aliphatic rings. The van der Waals surface area contributed by atoms with Crippen molar-refractivity contribution in [3.8, 4) is 0 Å². The van der Waals surface area contributed by atoms with Gasteiger partial charge in [-0.15, -0.1) is 0 Å². The topological polar surface area (TPSA) is 80.4 Å². The number of unbranched alkanes of at least 4 members (excludes halogenated alkanes) is 12. The van der Waals surface area contributed by atoms with E-state index in [1.807, 2.05) is 0 Å². The fourth-order valence-corrected chi connectivity index (χ4v) is 2.84. The number of nitro groups is 1. The quantitative estimate of drug-likeness (QED) is 0.199. The molecule has 0 atom stereocenters. The van der Waals surface area contributed by atoms with Crippen LogP contribution in [0.5, 0.6) is 0 Å². The van der Waals surface area contributed by atoms with Crippen LogP contribution in [0.25, 0.3) is 0 Å². The summed E-state index contributed by atoms with van der Waals surface area (Å²) in [5.74, 6) is -0.655. The van der Waals surface area contributed by atoms with Gasteiger partial charge in [-0.1, -0.05) is 102 Å². The van der Waals surface area contributed by atoms with Crippen LogP contribution < -0.4 is 0 Å². The molecule has 0 spiro atoms. The molecule has 0 heterocycles. The summed E-state index contributed by atoms with van der Waals surface area (Å²) < 4.78 is 0. The van der Waals surface area contributed by atoms with E-state index in [9.17, 15) is 14.9 Å². The number of para-hydroxylation sites is 1. The minimum Gasteiger partial charge on any atom is -0.481 e. The Morgan fingerprint density at radius 2 is 1.22 bits per heavy atom. The van der Waals surface area contributed by atoms with Crippen molar-refractivity contribution in [3.05, 3.63) is 40.4 Å². The third-order valence-corrected chi connectivity index (χ3v) is 4.46. The molecular weight excluding hydrogens is 342 g/mol. The second-order valence-corrected chi connectivity index (χ2v) is 6.98. The molecule has 0 radical (unpaired) electrons. The SMILES string of the molecule is CCCCCCCCCCCCCCCC(=O)O.O=[N+]([O-])c1ccccc1. The van der Waals surface area contributed by atoms with Crippen LogP contribution in [0.4, 0.5) is 5.69 Å². The zero-order chi connectivity index (χ0) is 20.2. The molecule has 0 aliphatic carbocycles. The number of hydrogen-bond donors (Lipinski definition) is 1. The Morgan fingerprint density at radius 1 is 0.815 bits per heavy atom. The first kappa shape index (κ1) is 25.1. The van der Waals surface area contributed by atoms with E-state index in [4.69, 9.17) is 5.11 Å². The van der Waals surface area contributed by atoms with Gasteiger partial charge >= 0.3 is 5.97 Å². The van der Waals surface area contributed by atoms with Gasteiger partial charge in [0.1, 0.15) is 0 Å². The van der Waals surface area contributed by atoms with Gasteiger partial charge < -0.3 is 5.11 Å². The van der Waals surface area contributed by atoms with Crippen molar-refractivity contribution >= 4 is 11.7 Å². The van der Waals surface area contributed by atoms with Crippen LogP contribution in [-0.4, -0.2) is 16.0 Å². The third kappa shape index (κ3) is 18.7. The number of carboxylic acids is 1. The molecule has 0 bridgehead atoms. The summed E-state index contributed by atoms with van der Waals surface area (Å²) in [4.78, 5) is 19.9. The molecule has 27 heavy (non-hydrogen) atoms. The number of benzene rings is 1. The lowest BCUT2D eigenvalue weighted by atomic mass is 10.0. The molecule has 0 amide bonds. The summed E-state index contributed by atoms with van der Waals surface area (Å²) in [5, 5.41) is 18.5. The van der Waals surface area contributed by atoms with Gasteiger partial charge in [-0.2, -0.15) is 0 Å². The number of carboxylic acid groups (broad SMARTS) is 1. The number of rotatable bonds is 15. The first-order chi connectivity index (χ1) is 13.1. The van der Waals surface area contributed by atoms with Gasteiger partial charge in [-0.05, 0) is 6.42 Å². The number of non-ortho nitro benzene ring substituents is 1. The standard InChI is InChI=1S/C16H32O2.C6H5NO2/c1-2-3-4-5-6-7-8-9-10-11-12-13-14-15-16(17)18;8-7(9)6-4-2-1-3-5-6/h2-15H2,1H3,(H,17,18);1-5H. The summed E-state index contributed by atoms with van der Waals surface area (Å²) in [7, 11) is 0. The minimum absolute atomic E-state index is 0.137. The fraction of sp³-hybridized carbons (Fsp3) is 0.682. The Morgan fingerprint density at radius 3 is 1.56 bits per heavy atom. The van der Waals surface area contributed by atoms with E-state index in [2.05, 4.69) is 6.92 Å². The van der Waals surface area contributed by atoms with E-state index < -0.39 is 10.9 Å². The normalized spacial score (nSPS) is 10.1. The second-order valence-electron chi connectivity index (χ2n) is 6.98. The van der Waals surface area contributed by atoms with Gasteiger partial charge in [-0.25, -0.2) is 0 Å². The maximum Gasteiger partial charge on any atom is 0.303 e. The molecule has 5 heteroatoms. The zero-order valence-corrected chi connectivity index (χ0v) is 16.9. The van der Waals surface area contributed by atoms with Gasteiger partial charge in [0.2, 0.25) is 0 Å². The summed E-state index contributed by atoms with van der Waals surface area (Å²) in [6.45, 7) is 2.26. The summed E-state index contributed by atoms with van der Waals surface area (Å²) in [6, 6.07) is 7.93. The molecule has 1 rings (SSSR count). The van der Waals surface area contributed by atoms with Crippen LogP contribution in [0, 0.1) is 10.1 Å². The maximum absolute atomic E-state index is 10.3. The molecule has 0 aliphatic heterocycles. The number of nitro benzene ring substituents is 1. The zero-order valence-electron chi connectivity index (χ0n) is 16.9. The summed E-state index contributed by atoms with van der Waals surface area (Å²) in [5.41, 5.74) is 0.137. The molecule has 0 saturated carbocycles. The molecule has 154 valence electrons. The number of carbonyl (C=O) groups is 1. The largest absolute Gasteiger partial charge is 0.481 e. The van der Waals surface area contributed by atoms with E-state index in [0.29, 0.717) is 6.42 Å². The Balaban J connectivity index is 0.000000621. The van der Waals surface area contributed by atoms with Crippen molar-refractivity contribution in [1.29, 1.82) is 0 Å². The van der Waals surface area contributed by atoms with Crippen LogP contribution in [0.2, 0.25) is 0 Å². The van der Waals surface area contributed by atoms with Crippen molar-refractivity contribution < 1.29 is 14.8 Å². The predicted octanol–water partition coefficient (Wildman–Crippen LogP) is 7.15. The molecule has 1 aromatic carbocycles. The van der Waals surface area contributed by atoms with Crippen molar-refractivity contribution in [2.45, 2.75) is 96.8 Å². The highest BCUT2D eigenvalue weighted by Gasteiger charge is 1.99. The lowest BCUT2D eigenvalue weighted by Gasteiger charge is -2.02. The van der Waals surface area contributed by atoms with Gasteiger partial charge in [0.25, 0.3) is 5.69 Å². The van der Waals surface area contributed by atoms with E-state index >= 15 is 0 Å². The van der Waals surface area contributed by atoms with Crippen LogP contribution in [0.1, 0.15) is 96.8 Å². The van der Waals surface area contributed by atoms with E-state index in [1.54, 1.807) is 18.2 Å². The maximum atomic E-state index is 10.3. The summed E-state index contributed by atoms with van der Waals surface area (Å²) >= 11 is 0. The van der Waals surface area contributed by atoms with E-state index in [1.165, 1.54) is 82.8 Å². The summed E-state index contributed by atoms with van der Waals surface area (Å²) in [6.07, 6.45) is 17.3. The van der Waals surface area contributed by atoms with Crippen molar-refractivity contribution in [3.63, 3.8) is 0 Å². The molecule has 1 aromatic rings. The molecule has 0 aromatic heterocycles. The van der Waals surface area contributed by atoms with Crippen LogP contribution >= 0.6 is 0 Å². The van der Waals surface area contributed by atoms with Gasteiger partial charge in [0.15, 0.2) is 0 Å². The van der Waals surface area contributed by atoms with E-state index in [0.717, 1.165) is 12.8 Å². The van der Waals surface area contributed by atoms with Crippen molar-refractivity contribution in [2.24, 2.45) is 0 Å². The number of nitrogens with zero attached hydrogens (tertiary/aromatic N) is 1. The van der Waals surface area contributed by atoms with Crippen molar-refractivity contribution in [1.82, 2.24) is 0 Å². The fourth-order valence-electron chi connectivity index (χ4n) is 2.84. The highest BCUT2D eigenvalue weighted by molar-refractivity contribution is 5.66. The Labute approximate surface area is 164 Å². The Bertz CT molecular complexity index is 476. The van der Waals surface area contributed by atoms with Gasteiger partial charge in [0.05, 0.1) is 4.92 Å². The number of aliphatic carboxylic acids is 1. The van der Waals surface area contributed by atoms with Gasteiger partial charge in [0, 0.05) is 18.6 Å². The smallest absolute Gasteiger partial charge is 0.303 e. The Kier molecular flexibility index (Phi) is 17.5. The molecule has 0 fully saturated rings. The lowest BCUT2D eigenvalue weighted by molar-refractivity contribution is -0.384. The molecule has 5 nitrogen and oxygen atoms in total. The third-order valence-electron chi connectivity index (χ3n) is 4.46. The predicted molar refractivity (Wildman–Crippen MR) is 111 cm³/mol. The highest BCUT2D eigenvalue weighted by Crippen LogP contribution is 2.12. The first-order valence-corrected chi connectivity index (χ1v) is 10.5. The average molecular weight is 380 g/mol. The van der Waals surface area contributed by atoms with E-state index in [-0.39, 0.29) is 5.69 Å². The monoisotopic (exact) mass is 379 g/mol. The lowest BCUT2D eigenvalue weighted by Crippen LogP contribution is -1.93. The van der Waals surface area contributed by atoms with Crippen LogP contribution in [0.15, 0.2) is 30.3 Å². The van der Waals surface area contributed by atoms with Crippen LogP contribution in [-0.2, 0) is 4.79 Å². The van der Waals surface area contributed by atoms with Gasteiger partial charge in [-0.3, -0.25) is 14.9 Å². The highest BCUT2D eigenvalue weighted by atomic mass is 16.6. The second kappa shape index (κ2) is 18.9. The average Bonchev–Trinajstić information content (AvgIpc) is 2.66. The minimum atomic E-state index is -0.655. The number of hydrogen-bond acceptors (Lipinski definition) is 3. The molecule has 1 N–H and O–H groups in total. The molecule has 0 unspecified atom stereocenters.